The number of hydrogen-bond donors (Lipinski definition) is 1. The molecule has 118 valence electrons. The Morgan fingerprint density at radius 3 is 2.95 bits per heavy atom. The van der Waals surface area contributed by atoms with Gasteiger partial charge in [0.2, 0.25) is 0 Å². The van der Waals surface area contributed by atoms with Gasteiger partial charge in [0, 0.05) is 17.1 Å². The summed E-state index contributed by atoms with van der Waals surface area (Å²) in [6.45, 7) is 4.00. The molecule has 0 aliphatic carbocycles. The van der Waals surface area contributed by atoms with Crippen LogP contribution in [0.25, 0.3) is 0 Å². The van der Waals surface area contributed by atoms with Crippen LogP contribution in [0.3, 0.4) is 0 Å². The van der Waals surface area contributed by atoms with E-state index >= 15 is 0 Å². The molecule has 0 aromatic heterocycles. The average molecular weight is 358 g/mol. The van der Waals surface area contributed by atoms with E-state index in [9.17, 15) is 4.39 Å². The molecule has 0 saturated carbocycles. The van der Waals surface area contributed by atoms with Gasteiger partial charge in [-0.15, -0.1) is 0 Å². The Balaban J connectivity index is 1.88. The van der Waals surface area contributed by atoms with Gasteiger partial charge in [0.1, 0.15) is 5.82 Å². The Bertz CT molecular complexity index is 435. The number of benzene rings is 1. The molecule has 0 spiro atoms. The van der Waals surface area contributed by atoms with Crippen LogP contribution in [0.1, 0.15) is 44.6 Å². The van der Waals surface area contributed by atoms with Crippen LogP contribution in [-0.2, 0) is 11.2 Å². The molecule has 1 aliphatic heterocycles. The van der Waals surface area contributed by atoms with Gasteiger partial charge in [0.15, 0.2) is 0 Å². The lowest BCUT2D eigenvalue weighted by Crippen LogP contribution is -2.33. The first-order valence-electron chi connectivity index (χ1n) is 7.98. The van der Waals surface area contributed by atoms with Crippen molar-refractivity contribution < 1.29 is 9.13 Å². The maximum atomic E-state index is 13.2. The molecule has 1 heterocycles. The van der Waals surface area contributed by atoms with Crippen LogP contribution in [0, 0.1) is 5.82 Å². The Kier molecular flexibility index (Phi) is 7.14. The molecular weight excluding hydrogens is 333 g/mol. The topological polar surface area (TPSA) is 21.3 Å². The van der Waals surface area contributed by atoms with E-state index in [-0.39, 0.29) is 5.82 Å². The monoisotopic (exact) mass is 357 g/mol. The maximum Gasteiger partial charge on any atom is 0.124 e. The molecule has 4 heteroatoms. The summed E-state index contributed by atoms with van der Waals surface area (Å²) in [6.07, 6.45) is 7.24. The zero-order valence-corrected chi connectivity index (χ0v) is 14.3. The van der Waals surface area contributed by atoms with Crippen LogP contribution in [0.15, 0.2) is 22.7 Å². The molecule has 2 rings (SSSR count). The van der Waals surface area contributed by atoms with Gasteiger partial charge in [-0.1, -0.05) is 28.9 Å². The van der Waals surface area contributed by atoms with Crippen molar-refractivity contribution in [2.24, 2.45) is 0 Å². The summed E-state index contributed by atoms with van der Waals surface area (Å²) >= 11 is 3.46. The second-order valence-corrected chi connectivity index (χ2v) is 6.61. The second kappa shape index (κ2) is 8.86. The molecule has 1 aliphatic rings. The molecule has 2 unspecified atom stereocenters. The zero-order valence-electron chi connectivity index (χ0n) is 12.7. The molecule has 1 N–H and O–H groups in total. The third kappa shape index (κ3) is 5.68. The fraction of sp³-hybridized carbons (Fsp3) is 0.647. The number of hydrogen-bond acceptors (Lipinski definition) is 2. The van der Waals surface area contributed by atoms with Gasteiger partial charge in [-0.2, -0.15) is 0 Å². The third-order valence-electron chi connectivity index (χ3n) is 4.09. The maximum absolute atomic E-state index is 13.2. The molecule has 1 aromatic rings. The van der Waals surface area contributed by atoms with Gasteiger partial charge < -0.3 is 10.1 Å². The second-order valence-electron chi connectivity index (χ2n) is 5.76. The quantitative estimate of drug-likeness (QED) is 0.777. The van der Waals surface area contributed by atoms with Crippen LogP contribution in [0.4, 0.5) is 4.39 Å². The lowest BCUT2D eigenvalue weighted by Gasteiger charge is -2.25. The van der Waals surface area contributed by atoms with Gasteiger partial charge in [-0.3, -0.25) is 0 Å². The van der Waals surface area contributed by atoms with Crippen molar-refractivity contribution in [3.05, 3.63) is 34.1 Å². The Morgan fingerprint density at radius 2 is 2.29 bits per heavy atom. The number of rotatable bonds is 7. The van der Waals surface area contributed by atoms with E-state index in [1.54, 1.807) is 6.07 Å². The van der Waals surface area contributed by atoms with Gasteiger partial charge in [-0.25, -0.2) is 4.39 Å². The Morgan fingerprint density at radius 1 is 1.43 bits per heavy atom. The predicted octanol–water partition coefficient (Wildman–Crippen LogP) is 4.46. The predicted molar refractivity (Wildman–Crippen MR) is 88.1 cm³/mol. The van der Waals surface area contributed by atoms with Crippen molar-refractivity contribution in [3.8, 4) is 0 Å². The summed E-state index contributed by atoms with van der Waals surface area (Å²) in [6, 6.07) is 5.37. The number of likely N-dealkylation sites (N-methyl/N-ethyl adjacent to an activating group) is 1. The summed E-state index contributed by atoms with van der Waals surface area (Å²) in [4.78, 5) is 0. The van der Waals surface area contributed by atoms with Crippen molar-refractivity contribution in [3.63, 3.8) is 0 Å². The van der Waals surface area contributed by atoms with Crippen molar-refractivity contribution in [1.82, 2.24) is 5.32 Å². The van der Waals surface area contributed by atoms with E-state index < -0.39 is 0 Å². The fourth-order valence-corrected chi connectivity index (χ4v) is 3.45. The summed E-state index contributed by atoms with van der Waals surface area (Å²) < 4.78 is 19.8. The first-order chi connectivity index (χ1) is 10.2. The lowest BCUT2D eigenvalue weighted by atomic mass is 9.97. The molecule has 0 amide bonds. The highest BCUT2D eigenvalue weighted by Crippen LogP contribution is 2.22. The van der Waals surface area contributed by atoms with E-state index in [1.165, 1.54) is 25.3 Å². The van der Waals surface area contributed by atoms with Crippen molar-refractivity contribution in [2.75, 3.05) is 13.2 Å². The summed E-state index contributed by atoms with van der Waals surface area (Å²) in [7, 11) is 0. The van der Waals surface area contributed by atoms with Crippen molar-refractivity contribution in [2.45, 2.75) is 57.6 Å². The average Bonchev–Trinajstić information content (AvgIpc) is 2.49. The zero-order chi connectivity index (χ0) is 15.1. The van der Waals surface area contributed by atoms with E-state index in [0.29, 0.717) is 12.1 Å². The van der Waals surface area contributed by atoms with E-state index in [4.69, 9.17) is 4.74 Å². The van der Waals surface area contributed by atoms with Gasteiger partial charge in [0.05, 0.1) is 6.10 Å². The van der Waals surface area contributed by atoms with Crippen LogP contribution >= 0.6 is 15.9 Å². The summed E-state index contributed by atoms with van der Waals surface area (Å²) in [5, 5.41) is 3.54. The fourth-order valence-electron chi connectivity index (χ4n) is 2.94. The Labute approximate surface area is 135 Å². The SMILES string of the molecule is CCNC(CCC1CCCCO1)Cc1ccc(F)cc1Br. The summed E-state index contributed by atoms with van der Waals surface area (Å²) in [5.74, 6) is -0.193. The minimum Gasteiger partial charge on any atom is -0.378 e. The smallest absolute Gasteiger partial charge is 0.124 e. The highest BCUT2D eigenvalue weighted by atomic mass is 79.9. The van der Waals surface area contributed by atoms with Gasteiger partial charge in [-0.05, 0) is 62.8 Å². The van der Waals surface area contributed by atoms with Crippen molar-refractivity contribution in [1.29, 1.82) is 0 Å². The molecule has 1 aromatic carbocycles. The van der Waals surface area contributed by atoms with E-state index in [2.05, 4.69) is 28.2 Å². The molecule has 21 heavy (non-hydrogen) atoms. The normalized spacial score (nSPS) is 20.4. The highest BCUT2D eigenvalue weighted by Gasteiger charge is 2.17. The highest BCUT2D eigenvalue weighted by molar-refractivity contribution is 9.10. The van der Waals surface area contributed by atoms with Crippen LogP contribution in [0.5, 0.6) is 0 Å². The molecule has 0 radical (unpaired) electrons. The molecule has 1 saturated heterocycles. The first kappa shape index (κ1) is 16.9. The van der Waals surface area contributed by atoms with Crippen LogP contribution < -0.4 is 5.32 Å². The van der Waals surface area contributed by atoms with Gasteiger partial charge >= 0.3 is 0 Å². The van der Waals surface area contributed by atoms with Crippen molar-refractivity contribution >= 4 is 15.9 Å². The minimum absolute atomic E-state index is 0.193. The first-order valence-corrected chi connectivity index (χ1v) is 8.77. The van der Waals surface area contributed by atoms with Crippen LogP contribution in [0.2, 0.25) is 0 Å². The van der Waals surface area contributed by atoms with Gasteiger partial charge in [0.25, 0.3) is 0 Å². The van der Waals surface area contributed by atoms with Crippen LogP contribution in [-0.4, -0.2) is 25.3 Å². The Hall–Kier alpha value is -0.450. The molecule has 2 nitrogen and oxygen atoms in total. The summed E-state index contributed by atoms with van der Waals surface area (Å²) in [5.41, 5.74) is 1.16. The number of halogens is 2. The lowest BCUT2D eigenvalue weighted by molar-refractivity contribution is 0.00860. The third-order valence-corrected chi connectivity index (χ3v) is 4.82. The minimum atomic E-state index is -0.193. The molecule has 1 fully saturated rings. The van der Waals surface area contributed by atoms with E-state index in [1.807, 2.05) is 6.07 Å². The molecular formula is C17H25BrFNO. The number of nitrogens with one attached hydrogen (secondary N) is 1. The molecule has 2 atom stereocenters. The largest absolute Gasteiger partial charge is 0.378 e. The van der Waals surface area contributed by atoms with E-state index in [0.717, 1.165) is 42.5 Å². The molecule has 0 bridgehead atoms. The number of ether oxygens (including phenoxy) is 1. The standard InChI is InChI=1S/C17H25BrFNO/c1-2-20-15(8-9-16-5-3-4-10-21-16)11-13-6-7-14(19)12-17(13)18/h6-7,12,15-16,20H,2-5,8-11H2,1H3.